The summed E-state index contributed by atoms with van der Waals surface area (Å²) >= 11 is 0. The van der Waals surface area contributed by atoms with E-state index in [-0.39, 0.29) is 75.6 Å². The molecule has 0 bridgehead atoms. The van der Waals surface area contributed by atoms with E-state index in [4.69, 9.17) is 5.73 Å². The number of nitrogen functional groups attached to an aromatic ring is 1. The van der Waals surface area contributed by atoms with E-state index in [1.165, 1.54) is 18.2 Å². The van der Waals surface area contributed by atoms with Gasteiger partial charge in [-0.1, -0.05) is 12.1 Å². The Morgan fingerprint density at radius 3 is 1.76 bits per heavy atom. The normalized spacial score (nSPS) is 11.5. The van der Waals surface area contributed by atoms with Crippen molar-refractivity contribution in [2.75, 3.05) is 5.73 Å². The first-order chi connectivity index (χ1) is 8.62. The van der Waals surface area contributed by atoms with Crippen molar-refractivity contribution in [1.82, 2.24) is 0 Å². The zero-order valence-corrected chi connectivity index (χ0v) is 16.9. The summed E-state index contributed by atoms with van der Waals surface area (Å²) in [5.74, 6) is 0. The largest absolute Gasteiger partial charge is 1.00 e. The molecule has 2 aromatic rings. The second-order valence-corrected chi connectivity index (χ2v) is 6.44. The van der Waals surface area contributed by atoms with Crippen molar-refractivity contribution in [2.45, 2.75) is 9.79 Å². The third-order valence-corrected chi connectivity index (χ3v) is 4.31. The van der Waals surface area contributed by atoms with Crippen molar-refractivity contribution in [3.63, 3.8) is 0 Å². The van der Waals surface area contributed by atoms with E-state index in [1.807, 2.05) is 0 Å². The first-order valence-corrected chi connectivity index (χ1v) is 7.67. The third kappa shape index (κ3) is 4.41. The van der Waals surface area contributed by atoms with Gasteiger partial charge in [0, 0.05) is 16.5 Å². The number of benzene rings is 2. The van der Waals surface area contributed by atoms with Gasteiger partial charge in [0.2, 0.25) is 0 Å². The molecule has 0 aliphatic heterocycles. The van der Waals surface area contributed by atoms with E-state index in [1.54, 1.807) is 0 Å². The molecular formula is C10H7NNa2O6S2. The van der Waals surface area contributed by atoms with Crippen LogP contribution in [0.15, 0.2) is 40.1 Å². The fourth-order valence-electron chi connectivity index (χ4n) is 1.80. The molecule has 0 amide bonds. The van der Waals surface area contributed by atoms with Crippen LogP contribution in [0.5, 0.6) is 0 Å². The second-order valence-electron chi connectivity index (χ2n) is 3.74. The van der Waals surface area contributed by atoms with Gasteiger partial charge in [0.25, 0.3) is 0 Å². The average molecular weight is 347 g/mol. The maximum Gasteiger partial charge on any atom is 1.00 e. The van der Waals surface area contributed by atoms with Crippen LogP contribution in [0.4, 0.5) is 5.69 Å². The van der Waals surface area contributed by atoms with Crippen LogP contribution in [0, 0.1) is 0 Å². The Balaban J connectivity index is 0.00000200. The molecule has 0 aromatic heterocycles. The van der Waals surface area contributed by atoms with Crippen LogP contribution < -0.4 is 64.8 Å². The summed E-state index contributed by atoms with van der Waals surface area (Å²) in [6.45, 7) is 0. The molecule has 0 heterocycles. The fourth-order valence-corrected chi connectivity index (χ4v) is 3.19. The van der Waals surface area contributed by atoms with Crippen LogP contribution in [-0.4, -0.2) is 25.9 Å². The summed E-state index contributed by atoms with van der Waals surface area (Å²) in [6, 6.07) is 5.43. The Kier molecular flexibility index (Phi) is 7.37. The number of nitrogens with two attached hydrogens (primary N) is 1. The van der Waals surface area contributed by atoms with Crippen molar-refractivity contribution < 1.29 is 85.1 Å². The molecule has 0 saturated carbocycles. The van der Waals surface area contributed by atoms with Gasteiger partial charge in [-0.15, -0.1) is 0 Å². The molecule has 0 unspecified atom stereocenters. The van der Waals surface area contributed by atoms with Crippen LogP contribution >= 0.6 is 0 Å². The van der Waals surface area contributed by atoms with E-state index < -0.39 is 30.0 Å². The van der Waals surface area contributed by atoms with E-state index in [9.17, 15) is 25.9 Å². The summed E-state index contributed by atoms with van der Waals surface area (Å²) in [7, 11) is -9.65. The van der Waals surface area contributed by atoms with Gasteiger partial charge in [0.15, 0.2) is 0 Å². The zero-order chi connectivity index (χ0) is 14.4. The van der Waals surface area contributed by atoms with Gasteiger partial charge < -0.3 is 14.8 Å². The van der Waals surface area contributed by atoms with Crippen molar-refractivity contribution in [1.29, 1.82) is 0 Å². The summed E-state index contributed by atoms with van der Waals surface area (Å²) in [5.41, 5.74) is 5.47. The molecule has 11 heteroatoms. The zero-order valence-electron chi connectivity index (χ0n) is 11.2. The Hall–Kier alpha value is 0.320. The van der Waals surface area contributed by atoms with E-state index in [0.29, 0.717) is 0 Å². The van der Waals surface area contributed by atoms with Gasteiger partial charge in [-0.05, 0) is 18.2 Å². The molecule has 2 N–H and O–H groups in total. The predicted molar refractivity (Wildman–Crippen MR) is 64.3 cm³/mol. The standard InChI is InChI=1S/C10H9NO6S2.2Na/c11-7-3-1-2-6-8(18(12,13)14)4-5-9(10(6)7)19(15,16)17;;/h1-5H,11H2,(H,12,13,14)(H,15,16,17);;/q;2*+1/p-2. The van der Waals surface area contributed by atoms with Crippen LogP contribution in [0.2, 0.25) is 0 Å². The van der Waals surface area contributed by atoms with Crippen LogP contribution in [-0.2, 0) is 20.2 Å². The molecule has 102 valence electrons. The number of rotatable bonds is 2. The molecule has 2 rings (SSSR count). The summed E-state index contributed by atoms with van der Waals surface area (Å²) in [6.07, 6.45) is 0. The molecule has 0 aliphatic carbocycles. The topological polar surface area (TPSA) is 140 Å². The van der Waals surface area contributed by atoms with E-state index in [2.05, 4.69) is 0 Å². The minimum absolute atomic E-state index is 0. The van der Waals surface area contributed by atoms with Crippen molar-refractivity contribution in [3.05, 3.63) is 30.3 Å². The number of anilines is 1. The third-order valence-electron chi connectivity index (χ3n) is 2.53. The molecule has 7 nitrogen and oxygen atoms in total. The van der Waals surface area contributed by atoms with Gasteiger partial charge >= 0.3 is 59.1 Å². The van der Waals surface area contributed by atoms with Gasteiger partial charge in [-0.25, -0.2) is 16.8 Å². The predicted octanol–water partition coefficient (Wildman–Crippen LogP) is -5.76. The van der Waals surface area contributed by atoms with Crippen LogP contribution in [0.1, 0.15) is 0 Å². The Bertz CT molecular complexity index is 880. The van der Waals surface area contributed by atoms with Gasteiger partial charge in [-0.3, -0.25) is 0 Å². The molecule has 0 saturated heterocycles. The molecule has 0 aliphatic rings. The molecule has 0 spiro atoms. The smallest absolute Gasteiger partial charge is 0.744 e. The fraction of sp³-hybridized carbons (Fsp3) is 0. The molecule has 0 radical (unpaired) electrons. The summed E-state index contributed by atoms with van der Waals surface area (Å²) < 4.78 is 66.6. The summed E-state index contributed by atoms with van der Waals surface area (Å²) in [5, 5.41) is -0.443. The molecule has 0 fully saturated rings. The SMILES string of the molecule is Nc1cccc2c(S(=O)(=O)[O-])ccc(S(=O)(=O)[O-])c12.[Na+].[Na+]. The van der Waals surface area contributed by atoms with Crippen LogP contribution in [0.3, 0.4) is 0 Å². The number of hydrogen-bond acceptors (Lipinski definition) is 7. The van der Waals surface area contributed by atoms with Crippen molar-refractivity contribution in [2.24, 2.45) is 0 Å². The monoisotopic (exact) mass is 347 g/mol. The van der Waals surface area contributed by atoms with E-state index >= 15 is 0 Å². The average Bonchev–Trinajstić information content (AvgIpc) is 2.25. The molecule has 2 aromatic carbocycles. The van der Waals surface area contributed by atoms with Crippen molar-refractivity contribution >= 4 is 36.7 Å². The van der Waals surface area contributed by atoms with Gasteiger partial charge in [-0.2, -0.15) is 0 Å². The maximum atomic E-state index is 11.1. The molecule has 0 atom stereocenters. The number of hydrogen-bond donors (Lipinski definition) is 1. The first kappa shape index (κ1) is 21.3. The van der Waals surface area contributed by atoms with Gasteiger partial charge in [0.05, 0.1) is 9.79 Å². The molecule has 21 heavy (non-hydrogen) atoms. The Labute approximate surface area is 166 Å². The first-order valence-electron chi connectivity index (χ1n) is 4.85. The minimum Gasteiger partial charge on any atom is -0.744 e. The van der Waals surface area contributed by atoms with Crippen molar-refractivity contribution in [3.8, 4) is 0 Å². The number of fused-ring (bicyclic) bond motifs is 1. The Morgan fingerprint density at radius 1 is 0.810 bits per heavy atom. The summed E-state index contributed by atoms with van der Waals surface area (Å²) in [4.78, 5) is -1.28. The minimum atomic E-state index is -4.84. The van der Waals surface area contributed by atoms with Crippen LogP contribution in [0.25, 0.3) is 10.8 Å². The second kappa shape index (κ2) is 7.26. The molecular weight excluding hydrogens is 340 g/mol. The quantitative estimate of drug-likeness (QED) is 0.324. The van der Waals surface area contributed by atoms with E-state index in [0.717, 1.165) is 12.1 Å². The Morgan fingerprint density at radius 2 is 1.29 bits per heavy atom. The van der Waals surface area contributed by atoms with Gasteiger partial charge in [0.1, 0.15) is 20.2 Å². The maximum absolute atomic E-state index is 11.1.